The molecule has 18 heavy (non-hydrogen) atoms. The number of ether oxygens (including phenoxy) is 1. The highest BCUT2D eigenvalue weighted by Crippen LogP contribution is 2.21. The van der Waals surface area contributed by atoms with Gasteiger partial charge in [-0.15, -0.1) is 0 Å². The van der Waals surface area contributed by atoms with Crippen LogP contribution in [0.25, 0.3) is 0 Å². The summed E-state index contributed by atoms with van der Waals surface area (Å²) in [4.78, 5) is 0.318. The van der Waals surface area contributed by atoms with Crippen molar-refractivity contribution in [2.75, 3.05) is 19.7 Å². The van der Waals surface area contributed by atoms with Crippen molar-refractivity contribution in [1.29, 1.82) is 0 Å². The molecule has 0 aromatic heterocycles. The molecule has 4 nitrogen and oxygen atoms in total. The molecule has 1 rings (SSSR count). The van der Waals surface area contributed by atoms with Gasteiger partial charge in [0.05, 0.1) is 10.1 Å². The molecule has 0 aliphatic carbocycles. The van der Waals surface area contributed by atoms with E-state index in [0.29, 0.717) is 17.3 Å². The highest BCUT2D eigenvalue weighted by Gasteiger charge is 2.19. The molecule has 0 unspecified atom stereocenters. The van der Waals surface area contributed by atoms with Crippen LogP contribution in [0, 0.1) is 0 Å². The SMILES string of the molecule is CCNCCOc1cccc(S(=O)(=O)C(C)C)c1. The van der Waals surface area contributed by atoms with E-state index in [4.69, 9.17) is 4.74 Å². The zero-order valence-corrected chi connectivity index (χ0v) is 12.0. The molecule has 0 fully saturated rings. The molecule has 1 aromatic carbocycles. The summed E-state index contributed by atoms with van der Waals surface area (Å²) in [5.41, 5.74) is 0. The lowest BCUT2D eigenvalue weighted by Gasteiger charge is -2.10. The average Bonchev–Trinajstić information content (AvgIpc) is 2.35. The maximum absolute atomic E-state index is 12.0. The van der Waals surface area contributed by atoms with Crippen LogP contribution in [0.5, 0.6) is 5.75 Å². The summed E-state index contributed by atoms with van der Waals surface area (Å²) in [6, 6.07) is 6.66. The molecule has 0 aliphatic heterocycles. The lowest BCUT2D eigenvalue weighted by Crippen LogP contribution is -2.20. The van der Waals surface area contributed by atoms with Crippen molar-refractivity contribution in [3.05, 3.63) is 24.3 Å². The minimum atomic E-state index is -3.23. The van der Waals surface area contributed by atoms with Crippen LogP contribution >= 0.6 is 0 Å². The fourth-order valence-electron chi connectivity index (χ4n) is 1.43. The fourth-order valence-corrected chi connectivity index (χ4v) is 2.52. The lowest BCUT2D eigenvalue weighted by molar-refractivity contribution is 0.314. The smallest absolute Gasteiger partial charge is 0.180 e. The summed E-state index contributed by atoms with van der Waals surface area (Å²) in [6.45, 7) is 7.54. The van der Waals surface area contributed by atoms with Gasteiger partial charge in [-0.25, -0.2) is 8.42 Å². The second-order valence-corrected chi connectivity index (χ2v) is 6.77. The third-order valence-electron chi connectivity index (χ3n) is 2.55. The van der Waals surface area contributed by atoms with Gasteiger partial charge in [0.1, 0.15) is 12.4 Å². The summed E-state index contributed by atoms with van der Waals surface area (Å²) in [5, 5.41) is 2.72. The van der Waals surface area contributed by atoms with Crippen LogP contribution in [-0.4, -0.2) is 33.4 Å². The Balaban J connectivity index is 2.74. The first-order valence-electron chi connectivity index (χ1n) is 6.16. The number of rotatable bonds is 7. The maximum atomic E-state index is 12.0. The summed E-state index contributed by atoms with van der Waals surface area (Å²) >= 11 is 0. The van der Waals surface area contributed by atoms with Crippen LogP contribution in [0.15, 0.2) is 29.2 Å². The molecular weight excluding hydrogens is 250 g/mol. The normalized spacial score (nSPS) is 11.8. The van der Waals surface area contributed by atoms with E-state index < -0.39 is 15.1 Å². The lowest BCUT2D eigenvalue weighted by atomic mass is 10.3. The third kappa shape index (κ3) is 3.99. The Labute approximate surface area is 109 Å². The molecule has 0 radical (unpaired) electrons. The van der Waals surface area contributed by atoms with Crippen molar-refractivity contribution < 1.29 is 13.2 Å². The first-order chi connectivity index (χ1) is 8.48. The van der Waals surface area contributed by atoms with Gasteiger partial charge in [0.2, 0.25) is 0 Å². The molecular formula is C13H21NO3S. The Bertz CT molecular complexity index is 469. The van der Waals surface area contributed by atoms with E-state index in [-0.39, 0.29) is 0 Å². The van der Waals surface area contributed by atoms with Crippen molar-refractivity contribution in [2.24, 2.45) is 0 Å². The predicted molar refractivity (Wildman–Crippen MR) is 72.8 cm³/mol. The Morgan fingerprint density at radius 2 is 2.06 bits per heavy atom. The van der Waals surface area contributed by atoms with E-state index in [2.05, 4.69) is 5.32 Å². The summed E-state index contributed by atoms with van der Waals surface area (Å²) in [5.74, 6) is 0.592. The first-order valence-corrected chi connectivity index (χ1v) is 7.70. The molecule has 0 amide bonds. The molecule has 1 aromatic rings. The van der Waals surface area contributed by atoms with Crippen molar-refractivity contribution in [2.45, 2.75) is 30.9 Å². The standard InChI is InChI=1S/C13H21NO3S/c1-4-14-8-9-17-12-6-5-7-13(10-12)18(15,16)11(2)3/h5-7,10-11,14H,4,8-9H2,1-3H3. The largest absolute Gasteiger partial charge is 0.492 e. The molecule has 1 N–H and O–H groups in total. The molecule has 0 saturated carbocycles. The molecule has 0 atom stereocenters. The first kappa shape index (κ1) is 15.0. The van der Waals surface area contributed by atoms with Crippen LogP contribution in [0.4, 0.5) is 0 Å². The zero-order valence-electron chi connectivity index (χ0n) is 11.1. The van der Waals surface area contributed by atoms with Gasteiger partial charge < -0.3 is 10.1 Å². The number of hydrogen-bond donors (Lipinski definition) is 1. The average molecular weight is 271 g/mol. The van der Waals surface area contributed by atoms with E-state index in [1.54, 1.807) is 38.1 Å². The van der Waals surface area contributed by atoms with E-state index >= 15 is 0 Å². The minimum absolute atomic E-state index is 0.318. The van der Waals surface area contributed by atoms with Crippen LogP contribution < -0.4 is 10.1 Å². The quantitative estimate of drug-likeness (QED) is 0.769. The topological polar surface area (TPSA) is 55.4 Å². The Morgan fingerprint density at radius 1 is 1.33 bits per heavy atom. The van der Waals surface area contributed by atoms with Gasteiger partial charge in [-0.2, -0.15) is 0 Å². The van der Waals surface area contributed by atoms with Gasteiger partial charge in [-0.1, -0.05) is 13.0 Å². The van der Waals surface area contributed by atoms with Gasteiger partial charge in [0.25, 0.3) is 0 Å². The van der Waals surface area contributed by atoms with Crippen LogP contribution in [0.3, 0.4) is 0 Å². The zero-order chi connectivity index (χ0) is 13.6. The Hall–Kier alpha value is -1.07. The van der Waals surface area contributed by atoms with Crippen molar-refractivity contribution in [1.82, 2.24) is 5.32 Å². The predicted octanol–water partition coefficient (Wildman–Crippen LogP) is 1.86. The van der Waals surface area contributed by atoms with E-state index in [1.807, 2.05) is 6.92 Å². The van der Waals surface area contributed by atoms with Crippen molar-refractivity contribution >= 4 is 9.84 Å². The molecule has 0 saturated heterocycles. The minimum Gasteiger partial charge on any atom is -0.492 e. The number of nitrogens with one attached hydrogen (secondary N) is 1. The Kier molecular flexibility index (Phi) is 5.62. The second kappa shape index (κ2) is 6.75. The summed E-state index contributed by atoms with van der Waals surface area (Å²) < 4.78 is 29.5. The van der Waals surface area contributed by atoms with Crippen LogP contribution in [0.2, 0.25) is 0 Å². The number of benzene rings is 1. The van der Waals surface area contributed by atoms with Gasteiger partial charge in [0, 0.05) is 6.54 Å². The molecule has 0 heterocycles. The van der Waals surface area contributed by atoms with Crippen LogP contribution in [-0.2, 0) is 9.84 Å². The van der Waals surface area contributed by atoms with Gasteiger partial charge in [0.15, 0.2) is 9.84 Å². The van der Waals surface area contributed by atoms with Gasteiger partial charge in [-0.05, 0) is 38.6 Å². The fraction of sp³-hybridized carbons (Fsp3) is 0.538. The molecule has 5 heteroatoms. The molecule has 0 bridgehead atoms. The number of likely N-dealkylation sites (N-methyl/N-ethyl adjacent to an activating group) is 1. The monoisotopic (exact) mass is 271 g/mol. The number of hydrogen-bond acceptors (Lipinski definition) is 4. The highest BCUT2D eigenvalue weighted by molar-refractivity contribution is 7.92. The molecule has 0 spiro atoms. The van der Waals surface area contributed by atoms with Crippen LogP contribution in [0.1, 0.15) is 20.8 Å². The second-order valence-electron chi connectivity index (χ2n) is 4.27. The summed E-state index contributed by atoms with van der Waals surface area (Å²) in [7, 11) is -3.23. The van der Waals surface area contributed by atoms with E-state index in [0.717, 1.165) is 13.1 Å². The highest BCUT2D eigenvalue weighted by atomic mass is 32.2. The molecule has 102 valence electrons. The van der Waals surface area contributed by atoms with Gasteiger partial charge in [-0.3, -0.25) is 0 Å². The molecule has 0 aliphatic rings. The van der Waals surface area contributed by atoms with E-state index in [1.165, 1.54) is 0 Å². The maximum Gasteiger partial charge on any atom is 0.180 e. The van der Waals surface area contributed by atoms with Crippen molar-refractivity contribution in [3.63, 3.8) is 0 Å². The number of sulfone groups is 1. The van der Waals surface area contributed by atoms with Gasteiger partial charge >= 0.3 is 0 Å². The van der Waals surface area contributed by atoms with Crippen molar-refractivity contribution in [3.8, 4) is 5.75 Å². The summed E-state index contributed by atoms with van der Waals surface area (Å²) in [6.07, 6.45) is 0. The Morgan fingerprint density at radius 3 is 2.67 bits per heavy atom. The van der Waals surface area contributed by atoms with E-state index in [9.17, 15) is 8.42 Å². The third-order valence-corrected chi connectivity index (χ3v) is 4.70.